The predicted octanol–water partition coefficient (Wildman–Crippen LogP) is 3.11. The molecule has 2 heterocycles. The molecule has 4 nitrogen and oxygen atoms in total. The van der Waals surface area contributed by atoms with E-state index >= 15 is 0 Å². The highest BCUT2D eigenvalue weighted by Crippen LogP contribution is 2.26. The van der Waals surface area contributed by atoms with Crippen LogP contribution in [0.1, 0.15) is 6.92 Å². The summed E-state index contributed by atoms with van der Waals surface area (Å²) in [7, 11) is 0. The van der Waals surface area contributed by atoms with Gasteiger partial charge < -0.3 is 9.30 Å². The fourth-order valence-corrected chi connectivity index (χ4v) is 2.17. The molecule has 84 valence electrons. The Labute approximate surface area is 97.5 Å². The van der Waals surface area contributed by atoms with Crippen LogP contribution in [0.25, 0.3) is 5.00 Å². The van der Waals surface area contributed by atoms with Gasteiger partial charge in [0.2, 0.25) is 0 Å². The van der Waals surface area contributed by atoms with E-state index in [4.69, 9.17) is 4.74 Å². The Morgan fingerprint density at radius 1 is 1.50 bits per heavy atom. The highest BCUT2D eigenvalue weighted by molar-refractivity contribution is 7.13. The number of aromatic nitrogens is 1. The fraction of sp³-hybridized carbons (Fsp3) is 0.182. The van der Waals surface area contributed by atoms with Gasteiger partial charge in [-0.15, -0.1) is 11.3 Å². The molecule has 1 N–H and O–H groups in total. The third kappa shape index (κ3) is 2.25. The fourth-order valence-electron chi connectivity index (χ4n) is 1.34. The first-order valence-electron chi connectivity index (χ1n) is 4.96. The molecule has 1 amide bonds. The van der Waals surface area contributed by atoms with Gasteiger partial charge in [-0.05, 0) is 30.5 Å². The van der Waals surface area contributed by atoms with Gasteiger partial charge in [-0.1, -0.05) is 0 Å². The van der Waals surface area contributed by atoms with Gasteiger partial charge in [-0.3, -0.25) is 5.32 Å². The summed E-state index contributed by atoms with van der Waals surface area (Å²) in [6, 6.07) is 5.73. The van der Waals surface area contributed by atoms with Gasteiger partial charge in [0.15, 0.2) is 0 Å². The van der Waals surface area contributed by atoms with Crippen LogP contribution in [0.2, 0.25) is 0 Å². The normalized spacial score (nSPS) is 10.1. The van der Waals surface area contributed by atoms with Gasteiger partial charge in [-0.2, -0.15) is 0 Å². The average molecular weight is 236 g/mol. The molecule has 0 radical (unpaired) electrons. The molecule has 0 fully saturated rings. The van der Waals surface area contributed by atoms with Crippen molar-refractivity contribution in [3.8, 4) is 5.00 Å². The van der Waals surface area contributed by atoms with Gasteiger partial charge in [0.25, 0.3) is 0 Å². The molecule has 0 atom stereocenters. The van der Waals surface area contributed by atoms with Crippen molar-refractivity contribution in [1.29, 1.82) is 0 Å². The number of amides is 1. The molecule has 0 aliphatic heterocycles. The van der Waals surface area contributed by atoms with Crippen molar-refractivity contribution in [3.63, 3.8) is 0 Å². The van der Waals surface area contributed by atoms with E-state index in [0.29, 0.717) is 6.61 Å². The van der Waals surface area contributed by atoms with Gasteiger partial charge in [0, 0.05) is 12.4 Å². The maximum Gasteiger partial charge on any atom is 0.411 e. The standard InChI is InChI=1S/C11H12N2O2S/c1-2-15-11(14)12-9-5-8-16-10(9)13-6-3-4-7-13/h3-8H,2H2,1H3,(H,12,14). The Kier molecular flexibility index (Phi) is 3.26. The zero-order valence-electron chi connectivity index (χ0n) is 8.84. The summed E-state index contributed by atoms with van der Waals surface area (Å²) in [5.41, 5.74) is 0.764. The summed E-state index contributed by atoms with van der Waals surface area (Å²) in [5, 5.41) is 5.61. The molecule has 0 saturated heterocycles. The van der Waals surface area contributed by atoms with Crippen LogP contribution in [0.3, 0.4) is 0 Å². The van der Waals surface area contributed by atoms with Crippen LogP contribution in [0.5, 0.6) is 0 Å². The van der Waals surface area contributed by atoms with E-state index in [1.54, 1.807) is 18.3 Å². The van der Waals surface area contributed by atoms with E-state index < -0.39 is 6.09 Å². The van der Waals surface area contributed by atoms with Crippen LogP contribution >= 0.6 is 11.3 Å². The summed E-state index contributed by atoms with van der Waals surface area (Å²) in [6.45, 7) is 2.15. The Bertz CT molecular complexity index is 462. The zero-order chi connectivity index (χ0) is 11.4. The number of carbonyl (C=O) groups is 1. The van der Waals surface area contributed by atoms with Crippen molar-refractivity contribution in [3.05, 3.63) is 36.0 Å². The number of thiophene rings is 1. The lowest BCUT2D eigenvalue weighted by Gasteiger charge is -2.06. The summed E-state index contributed by atoms with van der Waals surface area (Å²) in [6.07, 6.45) is 3.44. The number of nitrogens with zero attached hydrogens (tertiary/aromatic N) is 1. The summed E-state index contributed by atoms with van der Waals surface area (Å²) >= 11 is 1.56. The van der Waals surface area contributed by atoms with Gasteiger partial charge in [0.05, 0.1) is 12.3 Å². The Balaban J connectivity index is 2.17. The van der Waals surface area contributed by atoms with Crippen LogP contribution in [0, 0.1) is 0 Å². The number of hydrogen-bond acceptors (Lipinski definition) is 3. The van der Waals surface area contributed by atoms with Crippen molar-refractivity contribution in [1.82, 2.24) is 4.57 Å². The molecule has 16 heavy (non-hydrogen) atoms. The first kappa shape index (κ1) is 10.8. The van der Waals surface area contributed by atoms with Crippen LogP contribution in [0.15, 0.2) is 36.0 Å². The quantitative estimate of drug-likeness (QED) is 0.889. The lowest BCUT2D eigenvalue weighted by Crippen LogP contribution is -2.13. The van der Waals surface area contributed by atoms with Crippen LogP contribution in [0.4, 0.5) is 10.5 Å². The second kappa shape index (κ2) is 4.85. The molecule has 2 rings (SSSR count). The van der Waals surface area contributed by atoms with Crippen molar-refractivity contribution in [2.45, 2.75) is 6.92 Å². The van der Waals surface area contributed by atoms with Gasteiger partial charge in [0.1, 0.15) is 5.00 Å². The molecule has 2 aromatic rings. The maximum absolute atomic E-state index is 11.3. The van der Waals surface area contributed by atoms with E-state index in [0.717, 1.165) is 10.7 Å². The average Bonchev–Trinajstić information content (AvgIpc) is 2.86. The zero-order valence-corrected chi connectivity index (χ0v) is 9.66. The van der Waals surface area contributed by atoms with Crippen LogP contribution < -0.4 is 5.32 Å². The second-order valence-electron chi connectivity index (χ2n) is 3.08. The predicted molar refractivity (Wildman–Crippen MR) is 64.3 cm³/mol. The van der Waals surface area contributed by atoms with Crippen molar-refractivity contribution < 1.29 is 9.53 Å². The Morgan fingerprint density at radius 2 is 2.25 bits per heavy atom. The molecule has 0 spiro atoms. The summed E-state index contributed by atoms with van der Waals surface area (Å²) in [4.78, 5) is 11.3. The molecule has 0 unspecified atom stereocenters. The molecule has 2 aromatic heterocycles. The molecular formula is C11H12N2O2S. The Hall–Kier alpha value is -1.75. The number of hydrogen-bond donors (Lipinski definition) is 1. The highest BCUT2D eigenvalue weighted by atomic mass is 32.1. The largest absolute Gasteiger partial charge is 0.450 e. The van der Waals surface area contributed by atoms with Crippen LogP contribution in [-0.2, 0) is 4.74 Å². The number of ether oxygens (including phenoxy) is 1. The smallest absolute Gasteiger partial charge is 0.411 e. The SMILES string of the molecule is CCOC(=O)Nc1ccsc1-n1cccc1. The molecular weight excluding hydrogens is 224 g/mol. The molecule has 0 aromatic carbocycles. The van der Waals surface area contributed by atoms with E-state index in [1.165, 1.54) is 0 Å². The van der Waals surface area contributed by atoms with E-state index in [-0.39, 0.29) is 0 Å². The first-order chi connectivity index (χ1) is 7.81. The highest BCUT2D eigenvalue weighted by Gasteiger charge is 2.09. The minimum atomic E-state index is -0.422. The molecule has 0 saturated carbocycles. The minimum Gasteiger partial charge on any atom is -0.450 e. The topological polar surface area (TPSA) is 43.3 Å². The Morgan fingerprint density at radius 3 is 2.94 bits per heavy atom. The molecule has 0 aliphatic carbocycles. The lowest BCUT2D eigenvalue weighted by atomic mass is 10.5. The maximum atomic E-state index is 11.3. The monoisotopic (exact) mass is 236 g/mol. The van der Waals surface area contributed by atoms with E-state index in [1.807, 2.05) is 40.5 Å². The number of rotatable bonds is 3. The third-order valence-electron chi connectivity index (χ3n) is 2.00. The first-order valence-corrected chi connectivity index (χ1v) is 5.84. The molecule has 0 bridgehead atoms. The number of nitrogens with one attached hydrogen (secondary N) is 1. The van der Waals surface area contributed by atoms with Crippen LogP contribution in [-0.4, -0.2) is 17.3 Å². The second-order valence-corrected chi connectivity index (χ2v) is 3.97. The van der Waals surface area contributed by atoms with Gasteiger partial charge >= 0.3 is 6.09 Å². The van der Waals surface area contributed by atoms with Gasteiger partial charge in [-0.25, -0.2) is 4.79 Å². The minimum absolute atomic E-state index is 0.370. The summed E-state index contributed by atoms with van der Waals surface area (Å²) in [5.74, 6) is 0. The number of anilines is 1. The van der Waals surface area contributed by atoms with E-state index in [2.05, 4.69) is 5.32 Å². The molecule has 5 heteroatoms. The number of carbonyl (C=O) groups excluding carboxylic acids is 1. The third-order valence-corrected chi connectivity index (χ3v) is 2.92. The van der Waals surface area contributed by atoms with E-state index in [9.17, 15) is 4.79 Å². The lowest BCUT2D eigenvalue weighted by molar-refractivity contribution is 0.168. The summed E-state index contributed by atoms with van der Waals surface area (Å²) < 4.78 is 6.78. The molecule has 0 aliphatic rings. The van der Waals surface area contributed by atoms with Crippen molar-refractivity contribution >= 4 is 23.1 Å². The van der Waals surface area contributed by atoms with Crippen molar-refractivity contribution in [2.75, 3.05) is 11.9 Å². The van der Waals surface area contributed by atoms with Crippen molar-refractivity contribution in [2.24, 2.45) is 0 Å².